The zero-order valence-corrected chi connectivity index (χ0v) is 20.7. The molecule has 2 aromatic carbocycles. The number of hydrogen-bond acceptors (Lipinski definition) is 8. The number of methoxy groups -OCH3 is 1. The van der Waals surface area contributed by atoms with Gasteiger partial charge >= 0.3 is 11.9 Å². The van der Waals surface area contributed by atoms with Crippen molar-refractivity contribution in [3.8, 4) is 11.5 Å². The summed E-state index contributed by atoms with van der Waals surface area (Å²) in [5, 5.41) is 23.9. The molecule has 0 bridgehead atoms. The van der Waals surface area contributed by atoms with Gasteiger partial charge < -0.3 is 19.7 Å². The van der Waals surface area contributed by atoms with Crippen LogP contribution in [-0.4, -0.2) is 54.4 Å². The van der Waals surface area contributed by atoms with E-state index in [1.54, 1.807) is 18.2 Å². The summed E-state index contributed by atoms with van der Waals surface area (Å²) in [4.78, 5) is 23.5. The Bertz CT molecular complexity index is 1400. The topological polar surface area (TPSA) is 137 Å². The van der Waals surface area contributed by atoms with Gasteiger partial charge in [0.15, 0.2) is 6.61 Å². The summed E-state index contributed by atoms with van der Waals surface area (Å²) in [5.41, 5.74) is 4.56. The number of aryl methyl sites for hydroxylation is 1. The summed E-state index contributed by atoms with van der Waals surface area (Å²) in [6.07, 6.45) is 2.84. The van der Waals surface area contributed by atoms with Gasteiger partial charge in [0, 0.05) is 23.6 Å². The number of benzene rings is 2. The first-order valence-electron chi connectivity index (χ1n) is 11.4. The van der Waals surface area contributed by atoms with E-state index in [1.807, 2.05) is 18.2 Å². The van der Waals surface area contributed by atoms with Crippen LogP contribution >= 0.6 is 11.7 Å². The fraction of sp³-hybridized carbons (Fsp3) is 0.320. The normalized spacial score (nSPS) is 11.1. The average Bonchev–Trinajstić information content (AvgIpc) is 3.46. The molecule has 11 heteroatoms. The van der Waals surface area contributed by atoms with Crippen LogP contribution in [-0.2, 0) is 24.2 Å². The van der Waals surface area contributed by atoms with Crippen molar-refractivity contribution < 1.29 is 29.3 Å². The molecule has 2 heterocycles. The predicted octanol–water partition coefficient (Wildman–Crippen LogP) is 4.04. The predicted molar refractivity (Wildman–Crippen MR) is 133 cm³/mol. The van der Waals surface area contributed by atoms with Crippen molar-refractivity contribution in [2.24, 2.45) is 0 Å². The lowest BCUT2D eigenvalue weighted by Gasteiger charge is -2.13. The molecule has 0 radical (unpaired) electrons. The number of ether oxygens (including phenoxy) is 2. The molecule has 0 saturated heterocycles. The van der Waals surface area contributed by atoms with Gasteiger partial charge in [-0.25, -0.2) is 9.59 Å². The highest BCUT2D eigenvalue weighted by atomic mass is 32.1. The molecule has 0 unspecified atom stereocenters. The lowest BCUT2D eigenvalue weighted by molar-refractivity contribution is -0.139. The van der Waals surface area contributed by atoms with Crippen LogP contribution in [0.25, 0.3) is 11.0 Å². The van der Waals surface area contributed by atoms with Crippen LogP contribution in [0.5, 0.6) is 11.5 Å². The largest absolute Gasteiger partial charge is 0.497 e. The van der Waals surface area contributed by atoms with Gasteiger partial charge in [-0.15, -0.1) is 0 Å². The third kappa shape index (κ3) is 5.62. The molecule has 0 saturated carbocycles. The Morgan fingerprint density at radius 2 is 1.89 bits per heavy atom. The monoisotopic (exact) mass is 510 g/mol. The fourth-order valence-corrected chi connectivity index (χ4v) is 4.52. The van der Waals surface area contributed by atoms with Gasteiger partial charge in [-0.2, -0.15) is 13.8 Å². The van der Waals surface area contributed by atoms with Gasteiger partial charge in [0.1, 0.15) is 28.2 Å². The number of hydrogen-bond donors (Lipinski definition) is 2. The van der Waals surface area contributed by atoms with Crippen LogP contribution in [0, 0.1) is 0 Å². The van der Waals surface area contributed by atoms with E-state index in [1.165, 1.54) is 11.8 Å². The second-order valence-corrected chi connectivity index (χ2v) is 8.79. The van der Waals surface area contributed by atoms with Gasteiger partial charge in [0.05, 0.1) is 31.1 Å². The fourth-order valence-electron chi connectivity index (χ4n) is 4.00. The lowest BCUT2D eigenvalue weighted by Crippen LogP contribution is -2.15. The number of rotatable bonds is 12. The highest BCUT2D eigenvalue weighted by Gasteiger charge is 2.24. The van der Waals surface area contributed by atoms with E-state index in [0.717, 1.165) is 46.9 Å². The van der Waals surface area contributed by atoms with Crippen LogP contribution in [0.4, 0.5) is 0 Å². The lowest BCUT2D eigenvalue weighted by atomic mass is 9.99. The molecule has 0 atom stereocenters. The minimum Gasteiger partial charge on any atom is -0.497 e. The van der Waals surface area contributed by atoms with Crippen molar-refractivity contribution in [2.75, 3.05) is 13.7 Å². The molecule has 36 heavy (non-hydrogen) atoms. The first kappa shape index (κ1) is 25.1. The summed E-state index contributed by atoms with van der Waals surface area (Å²) in [6, 6.07) is 10.7. The first-order chi connectivity index (χ1) is 17.4. The summed E-state index contributed by atoms with van der Waals surface area (Å²) in [5.74, 6) is -1.42. The highest BCUT2D eigenvalue weighted by molar-refractivity contribution is 7.00. The van der Waals surface area contributed by atoms with E-state index in [0.29, 0.717) is 35.5 Å². The highest BCUT2D eigenvalue weighted by Crippen LogP contribution is 2.28. The third-order valence-electron chi connectivity index (χ3n) is 5.75. The molecule has 2 N–H and O–H groups in total. The Morgan fingerprint density at radius 1 is 1.08 bits per heavy atom. The van der Waals surface area contributed by atoms with Crippen molar-refractivity contribution in [2.45, 2.75) is 39.2 Å². The average molecular weight is 511 g/mol. The minimum absolute atomic E-state index is 0.0920. The molecule has 2 aromatic heterocycles. The molecule has 0 spiro atoms. The Kier molecular flexibility index (Phi) is 7.79. The maximum Gasteiger partial charge on any atom is 0.354 e. The number of nitrogens with zero attached hydrogens (tertiary/aromatic N) is 4. The van der Waals surface area contributed by atoms with E-state index in [4.69, 9.17) is 19.7 Å². The number of unbranched alkanes of at least 4 members (excludes halogenated alkanes) is 1. The van der Waals surface area contributed by atoms with E-state index < -0.39 is 18.5 Å². The maximum atomic E-state index is 12.5. The van der Waals surface area contributed by atoms with Gasteiger partial charge in [-0.05, 0) is 42.7 Å². The Labute approximate surface area is 211 Å². The molecule has 4 rings (SSSR count). The molecule has 4 aromatic rings. The number of aromatic nitrogens is 4. The number of carboxylic acids is 2. The SMILES string of the molecule is CCCCc1nn(Cc2ccc(OC)cc2OCC(=O)O)c(C(=O)O)c1Cc1ccc2nsnc2c1. The van der Waals surface area contributed by atoms with Crippen molar-refractivity contribution in [1.82, 2.24) is 18.5 Å². The summed E-state index contributed by atoms with van der Waals surface area (Å²) in [6.45, 7) is 1.63. The van der Waals surface area contributed by atoms with Gasteiger partial charge in [0.2, 0.25) is 0 Å². The minimum atomic E-state index is -1.12. The number of carboxylic acid groups (broad SMARTS) is 2. The molecular weight excluding hydrogens is 484 g/mol. The molecule has 0 aliphatic carbocycles. The number of aliphatic carboxylic acids is 1. The molecule has 188 valence electrons. The van der Waals surface area contributed by atoms with E-state index in [-0.39, 0.29) is 12.2 Å². The van der Waals surface area contributed by atoms with Crippen LogP contribution in [0.3, 0.4) is 0 Å². The standard InChI is InChI=1S/C25H26N4O6S/c1-3-4-5-19-18(10-15-6-9-20-21(11-15)28-36-27-20)24(25(32)33)29(26-19)13-16-7-8-17(34-2)12-22(16)35-14-23(30)31/h6-9,11-12H,3-5,10,13-14H2,1-2H3,(H,30,31)(H,32,33). The van der Waals surface area contributed by atoms with Crippen molar-refractivity contribution in [3.63, 3.8) is 0 Å². The van der Waals surface area contributed by atoms with Crippen LogP contribution in [0.1, 0.15) is 52.6 Å². The summed E-state index contributed by atoms with van der Waals surface area (Å²) >= 11 is 1.14. The number of aromatic carboxylic acids is 1. The zero-order chi connectivity index (χ0) is 25.7. The van der Waals surface area contributed by atoms with Crippen LogP contribution in [0.2, 0.25) is 0 Å². The van der Waals surface area contributed by atoms with Crippen LogP contribution < -0.4 is 9.47 Å². The van der Waals surface area contributed by atoms with Gasteiger partial charge in [-0.3, -0.25) is 4.68 Å². The van der Waals surface area contributed by atoms with Crippen LogP contribution in [0.15, 0.2) is 36.4 Å². The Morgan fingerprint density at radius 3 is 2.61 bits per heavy atom. The number of fused-ring (bicyclic) bond motifs is 1. The van der Waals surface area contributed by atoms with E-state index in [9.17, 15) is 14.7 Å². The third-order valence-corrected chi connectivity index (χ3v) is 6.30. The van der Waals surface area contributed by atoms with Crippen molar-refractivity contribution >= 4 is 34.7 Å². The molecule has 0 aliphatic heterocycles. The maximum absolute atomic E-state index is 12.5. The van der Waals surface area contributed by atoms with Crippen molar-refractivity contribution in [3.05, 3.63) is 64.5 Å². The Balaban J connectivity index is 1.74. The zero-order valence-electron chi connectivity index (χ0n) is 19.9. The Hall–Kier alpha value is -3.99. The van der Waals surface area contributed by atoms with Gasteiger partial charge in [0.25, 0.3) is 0 Å². The molecular formula is C25H26N4O6S. The summed E-state index contributed by atoms with van der Waals surface area (Å²) in [7, 11) is 1.50. The van der Waals surface area contributed by atoms with E-state index >= 15 is 0 Å². The molecule has 10 nitrogen and oxygen atoms in total. The molecule has 0 fully saturated rings. The number of carbonyl (C=O) groups is 2. The second-order valence-electron chi connectivity index (χ2n) is 8.26. The molecule has 0 amide bonds. The first-order valence-corrected chi connectivity index (χ1v) is 12.2. The second kappa shape index (κ2) is 11.2. The van der Waals surface area contributed by atoms with Gasteiger partial charge in [-0.1, -0.05) is 19.4 Å². The van der Waals surface area contributed by atoms with Crippen molar-refractivity contribution in [1.29, 1.82) is 0 Å². The quantitative estimate of drug-likeness (QED) is 0.289. The molecule has 0 aliphatic rings. The summed E-state index contributed by atoms with van der Waals surface area (Å²) < 4.78 is 20.7. The van der Waals surface area contributed by atoms with E-state index in [2.05, 4.69) is 15.7 Å². The smallest absolute Gasteiger partial charge is 0.354 e.